The summed E-state index contributed by atoms with van der Waals surface area (Å²) in [4.78, 5) is 11.3. The Morgan fingerprint density at radius 2 is 1.90 bits per heavy atom. The van der Waals surface area contributed by atoms with E-state index in [9.17, 15) is 23.1 Å². The fourth-order valence-corrected chi connectivity index (χ4v) is 1.93. The fraction of sp³-hybridized carbons (Fsp3) is 0.333. The van der Waals surface area contributed by atoms with E-state index in [4.69, 9.17) is 0 Å². The maximum Gasteiger partial charge on any atom is 0.328 e. The molecule has 1 unspecified atom stereocenters. The first-order chi connectivity index (χ1) is 9.84. The van der Waals surface area contributed by atoms with Gasteiger partial charge in [-0.05, 0) is 28.5 Å². The lowest BCUT2D eigenvalue weighted by molar-refractivity contribution is -0.142. The largest absolute Gasteiger partial charge is 0.480 e. The maximum absolute atomic E-state index is 13.8. The van der Waals surface area contributed by atoms with Crippen LogP contribution in [-0.2, 0) is 4.79 Å². The van der Waals surface area contributed by atoms with E-state index < -0.39 is 40.9 Å². The van der Waals surface area contributed by atoms with Crippen LogP contribution in [-0.4, -0.2) is 31.3 Å². The molecular weight excluding hydrogens is 289 g/mol. The number of nitrogens with zero attached hydrogens (tertiary/aromatic N) is 4. The van der Waals surface area contributed by atoms with Crippen LogP contribution in [0, 0.1) is 23.4 Å². The molecular formula is C12H11F3N4O2. The summed E-state index contributed by atoms with van der Waals surface area (Å²) in [6, 6.07) is 0.509. The first-order valence-electron chi connectivity index (χ1n) is 5.99. The highest BCUT2D eigenvalue weighted by Crippen LogP contribution is 2.27. The van der Waals surface area contributed by atoms with Crippen LogP contribution in [0.25, 0.3) is 11.4 Å². The minimum atomic E-state index is -1.67. The number of hydrogen-bond donors (Lipinski definition) is 1. The molecule has 0 aliphatic rings. The summed E-state index contributed by atoms with van der Waals surface area (Å²) in [5.41, 5.74) is -0.411. The van der Waals surface area contributed by atoms with Crippen LogP contribution in [0.1, 0.15) is 19.9 Å². The number of hydrogen-bond acceptors (Lipinski definition) is 4. The molecule has 0 saturated carbocycles. The zero-order valence-electron chi connectivity index (χ0n) is 11.1. The van der Waals surface area contributed by atoms with Crippen LogP contribution in [0.2, 0.25) is 0 Å². The second-order valence-corrected chi connectivity index (χ2v) is 4.70. The summed E-state index contributed by atoms with van der Waals surface area (Å²) in [5, 5.41) is 19.5. The molecule has 112 valence electrons. The average molecular weight is 300 g/mol. The maximum atomic E-state index is 13.8. The van der Waals surface area contributed by atoms with Gasteiger partial charge in [0.05, 0.1) is 5.56 Å². The second kappa shape index (κ2) is 5.51. The third-order valence-corrected chi connectivity index (χ3v) is 2.92. The molecule has 0 fully saturated rings. The van der Waals surface area contributed by atoms with Gasteiger partial charge in [-0.15, -0.1) is 5.10 Å². The summed E-state index contributed by atoms with van der Waals surface area (Å²) < 4.78 is 40.9. The number of tetrazole rings is 1. The minimum absolute atomic E-state index is 0.285. The number of aliphatic carboxylic acids is 1. The quantitative estimate of drug-likeness (QED) is 0.874. The molecule has 2 aromatic rings. The molecule has 0 saturated heterocycles. The highest BCUT2D eigenvalue weighted by molar-refractivity contribution is 5.73. The van der Waals surface area contributed by atoms with Crippen LogP contribution < -0.4 is 0 Å². The van der Waals surface area contributed by atoms with Gasteiger partial charge >= 0.3 is 5.97 Å². The lowest BCUT2D eigenvalue weighted by atomic mass is 10.0. The highest BCUT2D eigenvalue weighted by atomic mass is 19.2. The SMILES string of the molecule is CC(C)C(C(=O)O)n1nnnc1-c1ccc(F)c(F)c1F. The van der Waals surface area contributed by atoms with Gasteiger partial charge in [-0.2, -0.15) is 0 Å². The Labute approximate surface area is 117 Å². The van der Waals surface area contributed by atoms with Crippen LogP contribution in [0.15, 0.2) is 12.1 Å². The molecule has 1 N–H and O–H groups in total. The van der Waals surface area contributed by atoms with E-state index in [1.165, 1.54) is 0 Å². The average Bonchev–Trinajstić information content (AvgIpc) is 2.84. The number of carboxylic acids is 1. The Hall–Kier alpha value is -2.45. The van der Waals surface area contributed by atoms with E-state index in [0.29, 0.717) is 0 Å². The Kier molecular flexibility index (Phi) is 3.92. The molecule has 1 heterocycles. The van der Waals surface area contributed by atoms with Gasteiger partial charge in [-0.1, -0.05) is 13.8 Å². The van der Waals surface area contributed by atoms with Gasteiger partial charge in [0.15, 0.2) is 29.3 Å². The molecule has 0 aliphatic carbocycles. The van der Waals surface area contributed by atoms with Crippen molar-refractivity contribution in [1.82, 2.24) is 20.2 Å². The molecule has 2 rings (SSSR count). The van der Waals surface area contributed by atoms with Crippen molar-refractivity contribution in [3.63, 3.8) is 0 Å². The van der Waals surface area contributed by atoms with Crippen molar-refractivity contribution >= 4 is 5.97 Å². The number of halogens is 3. The van der Waals surface area contributed by atoms with Crippen molar-refractivity contribution in [2.75, 3.05) is 0 Å². The molecule has 6 nitrogen and oxygen atoms in total. The van der Waals surface area contributed by atoms with Gasteiger partial charge in [0.2, 0.25) is 0 Å². The Balaban J connectivity index is 2.60. The Morgan fingerprint density at radius 3 is 2.48 bits per heavy atom. The minimum Gasteiger partial charge on any atom is -0.480 e. The Morgan fingerprint density at radius 1 is 1.24 bits per heavy atom. The topological polar surface area (TPSA) is 80.9 Å². The standard InChI is InChI=1S/C12H11F3N4O2/c1-5(2)10(12(20)21)19-11(16-17-18-19)6-3-4-7(13)9(15)8(6)14/h3-5,10H,1-2H3,(H,20,21). The summed E-state index contributed by atoms with van der Waals surface area (Å²) in [6.07, 6.45) is 0. The molecule has 9 heteroatoms. The smallest absolute Gasteiger partial charge is 0.328 e. The summed E-state index contributed by atoms with van der Waals surface area (Å²) in [7, 11) is 0. The summed E-state index contributed by atoms with van der Waals surface area (Å²) in [6.45, 7) is 3.23. The number of benzene rings is 1. The van der Waals surface area contributed by atoms with Gasteiger partial charge < -0.3 is 5.11 Å². The van der Waals surface area contributed by atoms with E-state index in [1.807, 2.05) is 0 Å². The van der Waals surface area contributed by atoms with Crippen LogP contribution in [0.4, 0.5) is 13.2 Å². The van der Waals surface area contributed by atoms with Gasteiger partial charge in [0.25, 0.3) is 0 Å². The van der Waals surface area contributed by atoms with Gasteiger partial charge in [-0.25, -0.2) is 22.6 Å². The molecule has 0 radical (unpaired) electrons. The van der Waals surface area contributed by atoms with Crippen LogP contribution in [0.5, 0.6) is 0 Å². The second-order valence-electron chi connectivity index (χ2n) is 4.70. The third kappa shape index (κ3) is 2.58. The van der Waals surface area contributed by atoms with E-state index >= 15 is 0 Å². The monoisotopic (exact) mass is 300 g/mol. The van der Waals surface area contributed by atoms with E-state index in [2.05, 4.69) is 15.5 Å². The fourth-order valence-electron chi connectivity index (χ4n) is 1.93. The third-order valence-electron chi connectivity index (χ3n) is 2.92. The van der Waals surface area contributed by atoms with Crippen molar-refractivity contribution < 1.29 is 23.1 Å². The molecule has 1 aromatic heterocycles. The zero-order valence-corrected chi connectivity index (χ0v) is 11.1. The number of carbonyl (C=O) groups is 1. The predicted molar refractivity (Wildman–Crippen MR) is 64.6 cm³/mol. The Bertz CT molecular complexity index is 687. The van der Waals surface area contributed by atoms with Crippen molar-refractivity contribution in [3.05, 3.63) is 29.6 Å². The molecule has 21 heavy (non-hydrogen) atoms. The van der Waals surface area contributed by atoms with E-state index in [0.717, 1.165) is 16.8 Å². The number of carboxylic acid groups (broad SMARTS) is 1. The molecule has 0 aliphatic heterocycles. The predicted octanol–water partition coefficient (Wildman–Crippen LogP) is 2.04. The molecule has 0 spiro atoms. The molecule has 0 amide bonds. The van der Waals surface area contributed by atoms with E-state index in [-0.39, 0.29) is 5.82 Å². The van der Waals surface area contributed by atoms with Crippen molar-refractivity contribution in [2.45, 2.75) is 19.9 Å². The van der Waals surface area contributed by atoms with Crippen LogP contribution in [0.3, 0.4) is 0 Å². The molecule has 1 aromatic carbocycles. The lowest BCUT2D eigenvalue weighted by Gasteiger charge is -2.17. The normalized spacial score (nSPS) is 12.7. The van der Waals surface area contributed by atoms with Crippen LogP contribution >= 0.6 is 0 Å². The number of aromatic nitrogens is 4. The lowest BCUT2D eigenvalue weighted by Crippen LogP contribution is -2.26. The first-order valence-corrected chi connectivity index (χ1v) is 5.99. The van der Waals surface area contributed by atoms with Crippen molar-refractivity contribution in [3.8, 4) is 11.4 Å². The number of rotatable bonds is 4. The van der Waals surface area contributed by atoms with Gasteiger partial charge in [-0.3, -0.25) is 0 Å². The molecule has 1 atom stereocenters. The van der Waals surface area contributed by atoms with Gasteiger partial charge in [0.1, 0.15) is 0 Å². The van der Waals surface area contributed by atoms with Crippen molar-refractivity contribution in [2.24, 2.45) is 5.92 Å². The highest BCUT2D eigenvalue weighted by Gasteiger charge is 2.29. The van der Waals surface area contributed by atoms with Crippen molar-refractivity contribution in [1.29, 1.82) is 0 Å². The zero-order chi connectivity index (χ0) is 15.7. The molecule has 0 bridgehead atoms. The van der Waals surface area contributed by atoms with Gasteiger partial charge in [0, 0.05) is 0 Å². The van der Waals surface area contributed by atoms with E-state index in [1.54, 1.807) is 13.8 Å². The summed E-state index contributed by atoms with van der Waals surface area (Å²) in [5.74, 6) is -6.40. The first kappa shape index (κ1) is 14.9. The summed E-state index contributed by atoms with van der Waals surface area (Å²) >= 11 is 0.